The first-order chi connectivity index (χ1) is 29.8. The van der Waals surface area contributed by atoms with Crippen molar-refractivity contribution in [3.05, 3.63) is 131 Å². The Morgan fingerprint density at radius 3 is 1.54 bits per heavy atom. The molecule has 0 bridgehead atoms. The van der Waals surface area contributed by atoms with Crippen LogP contribution in [0.15, 0.2) is 120 Å². The second-order valence-corrected chi connectivity index (χ2v) is 21.3. The number of hydrogen-bond acceptors (Lipinski definition) is 7. The topological polar surface area (TPSA) is 159 Å². The van der Waals surface area contributed by atoms with Crippen LogP contribution in [0.25, 0.3) is 21.5 Å². The van der Waals surface area contributed by atoms with E-state index in [-0.39, 0.29) is 17.9 Å². The smallest absolute Gasteiger partial charge is 0.407 e. The molecule has 8 rings (SSSR count). The molecule has 0 aromatic heterocycles. The van der Waals surface area contributed by atoms with Gasteiger partial charge in [-0.1, -0.05) is 101 Å². The number of rotatable bonds is 11. The van der Waals surface area contributed by atoms with Gasteiger partial charge in [-0.2, -0.15) is 16.8 Å². The zero-order valence-corrected chi connectivity index (χ0v) is 38.1. The Hall–Kier alpha value is -5.28. The summed E-state index contributed by atoms with van der Waals surface area (Å²) in [7, 11) is -8.22. The summed E-state index contributed by atoms with van der Waals surface area (Å²) in [5.41, 5.74) is 9.09. The van der Waals surface area contributed by atoms with Crippen molar-refractivity contribution in [3.63, 3.8) is 0 Å². The number of benzene rings is 4. The van der Waals surface area contributed by atoms with Crippen LogP contribution in [0.2, 0.25) is 0 Å². The molecule has 2 fully saturated rings. The van der Waals surface area contributed by atoms with E-state index in [0.29, 0.717) is 52.1 Å². The zero-order chi connectivity index (χ0) is 44.9. The molecule has 63 heavy (non-hydrogen) atoms. The van der Waals surface area contributed by atoms with Crippen molar-refractivity contribution in [3.8, 4) is 0 Å². The van der Waals surface area contributed by atoms with Gasteiger partial charge in [0.25, 0.3) is 20.2 Å². The molecule has 332 valence electrons. The molecule has 3 heterocycles. The fourth-order valence-corrected chi connectivity index (χ4v) is 11.5. The summed E-state index contributed by atoms with van der Waals surface area (Å²) < 4.78 is 68.3. The highest BCUT2D eigenvalue weighted by Crippen LogP contribution is 2.52. The number of allylic oxidation sites excluding steroid dienone is 8. The second kappa shape index (κ2) is 17.0. The maximum atomic E-state index is 12.0. The van der Waals surface area contributed by atoms with Crippen molar-refractivity contribution in [1.82, 2.24) is 4.90 Å². The van der Waals surface area contributed by atoms with Crippen molar-refractivity contribution < 1.29 is 40.4 Å². The van der Waals surface area contributed by atoms with Gasteiger partial charge in [-0.05, 0) is 89.1 Å². The average Bonchev–Trinajstić information content (AvgIpc) is 3.81. The third-order valence-corrected chi connectivity index (χ3v) is 15.0. The van der Waals surface area contributed by atoms with Crippen molar-refractivity contribution in [1.29, 1.82) is 0 Å². The lowest BCUT2D eigenvalue weighted by atomic mass is 9.81. The molecule has 1 aliphatic carbocycles. The summed E-state index contributed by atoms with van der Waals surface area (Å²) in [5, 5.41) is 14.4. The number of unbranched alkanes of at least 4 members (excludes halogenated alkanes) is 1. The van der Waals surface area contributed by atoms with Crippen LogP contribution in [-0.4, -0.2) is 103 Å². The van der Waals surface area contributed by atoms with E-state index in [1.54, 1.807) is 0 Å². The number of hydrogen-bond donors (Lipinski definition) is 3. The number of piperazine rings is 1. The van der Waals surface area contributed by atoms with Crippen molar-refractivity contribution >= 4 is 65.0 Å². The largest absolute Gasteiger partial charge is 0.465 e. The summed E-state index contributed by atoms with van der Waals surface area (Å²) in [6.45, 7) is 11.7. The number of anilines is 2. The third-order valence-electron chi connectivity index (χ3n) is 13.3. The Labute approximate surface area is 370 Å². The maximum Gasteiger partial charge on any atom is 0.407 e. The predicted octanol–water partition coefficient (Wildman–Crippen LogP) is 8.70. The van der Waals surface area contributed by atoms with Gasteiger partial charge < -0.3 is 14.9 Å². The minimum absolute atomic E-state index is 0.245. The second-order valence-electron chi connectivity index (χ2n) is 18.1. The molecule has 3 N–H and O–H groups in total. The SMILES string of the molecule is CC1(C)C(=CC=C2CCC(=CC=C3N(CCCS(=O)(=O)O)c4ccc5ccccc5c4C3(C)C)C2=[N+]2CCN(C(=O)O)CC2)N(CCCCS(=O)(=O)O)c2ccc3ccccc3c21. The van der Waals surface area contributed by atoms with Crippen LogP contribution in [0.1, 0.15) is 70.9 Å². The summed E-state index contributed by atoms with van der Waals surface area (Å²) in [6.07, 6.45) is 10.5. The fourth-order valence-electron chi connectivity index (χ4n) is 10.4. The van der Waals surface area contributed by atoms with E-state index in [2.05, 4.69) is 121 Å². The van der Waals surface area contributed by atoms with Crippen LogP contribution in [0.3, 0.4) is 0 Å². The molecule has 1 saturated carbocycles. The summed E-state index contributed by atoms with van der Waals surface area (Å²) in [4.78, 5) is 17.9. The highest BCUT2D eigenvalue weighted by molar-refractivity contribution is 7.86. The number of carbonyl (C=O) groups is 1. The molecule has 0 atom stereocenters. The van der Waals surface area contributed by atoms with Gasteiger partial charge in [0, 0.05) is 57.8 Å². The molecule has 1 amide bonds. The lowest BCUT2D eigenvalue weighted by molar-refractivity contribution is -0.537. The van der Waals surface area contributed by atoms with Gasteiger partial charge in [0.1, 0.15) is 0 Å². The molecule has 0 spiro atoms. The van der Waals surface area contributed by atoms with Gasteiger partial charge in [-0.3, -0.25) is 14.0 Å². The van der Waals surface area contributed by atoms with Gasteiger partial charge in [0.2, 0.25) is 5.71 Å². The summed E-state index contributed by atoms with van der Waals surface area (Å²) >= 11 is 0. The van der Waals surface area contributed by atoms with E-state index in [9.17, 15) is 35.8 Å². The van der Waals surface area contributed by atoms with E-state index in [1.165, 1.54) is 21.4 Å². The molecule has 4 aliphatic rings. The Kier molecular flexibility index (Phi) is 12.0. The number of amides is 1. The molecule has 0 unspecified atom stereocenters. The first-order valence-corrected chi connectivity index (χ1v) is 25.0. The monoisotopic (exact) mass is 893 g/mol. The van der Waals surface area contributed by atoms with E-state index in [1.807, 2.05) is 18.2 Å². The number of carboxylic acid groups (broad SMARTS) is 1. The van der Waals surface area contributed by atoms with Crippen LogP contribution in [0.4, 0.5) is 16.2 Å². The van der Waals surface area contributed by atoms with Gasteiger partial charge >= 0.3 is 6.09 Å². The fraction of sp³-hybridized carbons (Fsp3) is 0.388. The summed E-state index contributed by atoms with van der Waals surface area (Å²) in [5.74, 6) is -0.635. The Bertz CT molecular complexity index is 2880. The van der Waals surface area contributed by atoms with Crippen molar-refractivity contribution in [2.75, 3.05) is 60.6 Å². The van der Waals surface area contributed by atoms with Crippen LogP contribution in [0.5, 0.6) is 0 Å². The number of nitrogens with zero attached hydrogens (tertiary/aromatic N) is 4. The lowest BCUT2D eigenvalue weighted by Gasteiger charge is -2.27. The predicted molar refractivity (Wildman–Crippen MR) is 251 cm³/mol. The van der Waals surface area contributed by atoms with Gasteiger partial charge in [-0.25, -0.2) is 9.37 Å². The van der Waals surface area contributed by atoms with Crippen molar-refractivity contribution in [2.24, 2.45) is 0 Å². The lowest BCUT2D eigenvalue weighted by Crippen LogP contribution is -2.46. The van der Waals surface area contributed by atoms with Crippen LogP contribution < -0.4 is 9.80 Å². The van der Waals surface area contributed by atoms with Crippen molar-refractivity contribution in [2.45, 2.75) is 70.6 Å². The van der Waals surface area contributed by atoms with E-state index < -0.39 is 37.2 Å². The standard InChI is InChI=1S/C49H56N4O8S2/c1-48(2)42(52(26-9-10-32-62(56,57)58)40-22-18-34-12-5-7-14-38(34)44(40)48)24-20-36-16-17-37(46(36)50-28-30-51(31-29-50)47(54)55)21-25-43-49(3,4)45-39-15-8-6-13-35(39)19-23-41(45)53(43)27-11-33-63(59,60)61/h5-8,12-15,18-25H,9-11,16-17,26-33H2,1-4H3,(H2-,54,55,56,57,58,59,60,61)/p+1. The van der Waals surface area contributed by atoms with E-state index in [4.69, 9.17) is 0 Å². The molecule has 3 aliphatic heterocycles. The minimum atomic E-state index is -4.15. The van der Waals surface area contributed by atoms with E-state index >= 15 is 0 Å². The van der Waals surface area contributed by atoms with E-state index in [0.717, 1.165) is 68.6 Å². The quantitative estimate of drug-likeness (QED) is 0.0756. The Morgan fingerprint density at radius 1 is 0.635 bits per heavy atom. The Balaban J connectivity index is 1.21. The first-order valence-electron chi connectivity index (χ1n) is 21.8. The molecule has 4 aromatic rings. The highest BCUT2D eigenvalue weighted by atomic mass is 32.2. The van der Waals surface area contributed by atoms with Crippen LogP contribution >= 0.6 is 0 Å². The minimum Gasteiger partial charge on any atom is -0.465 e. The van der Waals surface area contributed by atoms with Crippen LogP contribution in [-0.2, 0) is 31.1 Å². The maximum absolute atomic E-state index is 12.0. The molecular formula is C49H57N4O8S2+. The molecule has 4 aromatic carbocycles. The first kappa shape index (κ1) is 44.3. The van der Waals surface area contributed by atoms with Gasteiger partial charge in [-0.15, -0.1) is 0 Å². The molecule has 12 nitrogen and oxygen atoms in total. The Morgan fingerprint density at radius 2 is 1.08 bits per heavy atom. The molecular weight excluding hydrogens is 837 g/mol. The van der Waals surface area contributed by atoms with Crippen LogP contribution in [0, 0.1) is 0 Å². The number of fused-ring (bicyclic) bond motifs is 6. The molecule has 1 saturated heterocycles. The summed E-state index contributed by atoms with van der Waals surface area (Å²) in [6, 6.07) is 25.1. The molecule has 0 radical (unpaired) electrons. The zero-order valence-electron chi connectivity index (χ0n) is 36.4. The van der Waals surface area contributed by atoms with Gasteiger partial charge in [0.05, 0.1) is 24.6 Å². The highest BCUT2D eigenvalue weighted by Gasteiger charge is 2.43. The average molecular weight is 894 g/mol. The van der Waals surface area contributed by atoms with Gasteiger partial charge in [0.15, 0.2) is 13.1 Å². The third kappa shape index (κ3) is 8.83. The normalized spacial score (nSPS) is 21.2. The molecule has 14 heteroatoms.